The summed E-state index contributed by atoms with van der Waals surface area (Å²) >= 11 is 0. The maximum atomic E-state index is 4.96. The fraction of sp³-hybridized carbons (Fsp3) is 0.400. The predicted octanol–water partition coefficient (Wildman–Crippen LogP) is 2.58. The van der Waals surface area contributed by atoms with E-state index in [4.69, 9.17) is 13.3 Å². The molecule has 0 aromatic carbocycles. The molecule has 0 unspecified atom stereocenters. The quantitative estimate of drug-likeness (QED) is 0.536. The van der Waals surface area contributed by atoms with Gasteiger partial charge in [-0.2, -0.15) is 0 Å². The van der Waals surface area contributed by atoms with Crippen LogP contribution in [0.1, 0.15) is 6.92 Å². The second-order valence-electron chi connectivity index (χ2n) is 1.83. The Balaban J connectivity index is -0.000000205. The average Bonchev–Trinajstić information content (AvgIpc) is 2.26. The third kappa shape index (κ3) is 9.41. The molecule has 0 amide bonds. The standard InChI is InChI=1S/C5H12O3Si.C3H6.C2H4/c1-5-9(6-2,7-3)8-4;1-3-2;1-2/h5H,1H2,2-4H3;3H,1H2,2H3;1-2H2. The Labute approximate surface area is 89.1 Å². The summed E-state index contributed by atoms with van der Waals surface area (Å²) in [6.45, 7) is 14.8. The van der Waals surface area contributed by atoms with E-state index in [9.17, 15) is 0 Å². The van der Waals surface area contributed by atoms with Gasteiger partial charge in [-0.15, -0.1) is 19.7 Å². The molecule has 0 aromatic heterocycles. The van der Waals surface area contributed by atoms with Crippen molar-refractivity contribution in [3.63, 3.8) is 0 Å². The molecule has 0 heterocycles. The van der Waals surface area contributed by atoms with Crippen molar-refractivity contribution < 1.29 is 13.3 Å². The summed E-state index contributed by atoms with van der Waals surface area (Å²) in [6, 6.07) is 0. The highest BCUT2D eigenvalue weighted by Gasteiger charge is 2.33. The number of hydrogen-bond donors (Lipinski definition) is 0. The molecule has 0 fully saturated rings. The summed E-state index contributed by atoms with van der Waals surface area (Å²) in [6.07, 6.45) is 1.75. The minimum absolute atomic E-state index is 1.54. The first-order chi connectivity index (χ1) is 6.66. The molecular formula is C10H22O3Si. The topological polar surface area (TPSA) is 27.7 Å². The minimum Gasteiger partial charge on any atom is -0.374 e. The number of rotatable bonds is 4. The van der Waals surface area contributed by atoms with Crippen molar-refractivity contribution in [3.8, 4) is 0 Å². The van der Waals surface area contributed by atoms with Crippen LogP contribution in [-0.2, 0) is 13.3 Å². The maximum absolute atomic E-state index is 4.96. The molecule has 0 saturated heterocycles. The van der Waals surface area contributed by atoms with Crippen molar-refractivity contribution in [1.29, 1.82) is 0 Å². The Morgan fingerprint density at radius 2 is 1.14 bits per heavy atom. The van der Waals surface area contributed by atoms with Crippen LogP contribution in [0.2, 0.25) is 0 Å². The van der Waals surface area contributed by atoms with Crippen molar-refractivity contribution in [3.05, 3.63) is 38.1 Å². The van der Waals surface area contributed by atoms with Crippen LogP contribution >= 0.6 is 0 Å². The van der Waals surface area contributed by atoms with Gasteiger partial charge in [-0.05, 0) is 12.6 Å². The van der Waals surface area contributed by atoms with Gasteiger partial charge in [0, 0.05) is 21.3 Å². The summed E-state index contributed by atoms with van der Waals surface area (Å²) in [5, 5.41) is 0. The second kappa shape index (κ2) is 14.8. The van der Waals surface area contributed by atoms with Crippen molar-refractivity contribution in [2.45, 2.75) is 6.92 Å². The lowest BCUT2D eigenvalue weighted by Crippen LogP contribution is -2.40. The SMILES string of the molecule is C=C.C=CC.C=C[Si](OC)(OC)OC. The van der Waals surface area contributed by atoms with E-state index in [2.05, 4.69) is 26.3 Å². The monoisotopic (exact) mass is 218 g/mol. The first-order valence-electron chi connectivity index (χ1n) is 4.02. The Kier molecular flexibility index (Phi) is 20.1. The molecule has 0 bridgehead atoms. The highest BCUT2D eigenvalue weighted by Crippen LogP contribution is 2.04. The summed E-state index contributed by atoms with van der Waals surface area (Å²) < 4.78 is 14.9. The van der Waals surface area contributed by atoms with Crippen LogP contribution in [0, 0.1) is 0 Å². The molecule has 0 radical (unpaired) electrons. The van der Waals surface area contributed by atoms with E-state index in [1.54, 1.807) is 33.1 Å². The van der Waals surface area contributed by atoms with Crippen LogP contribution in [0.15, 0.2) is 38.1 Å². The molecular weight excluding hydrogens is 196 g/mol. The molecule has 84 valence electrons. The van der Waals surface area contributed by atoms with Gasteiger partial charge < -0.3 is 13.3 Å². The highest BCUT2D eigenvalue weighted by molar-refractivity contribution is 6.66. The van der Waals surface area contributed by atoms with E-state index in [-0.39, 0.29) is 0 Å². The molecule has 0 atom stereocenters. The molecule has 0 aliphatic rings. The number of allylic oxidation sites excluding steroid dienone is 1. The van der Waals surface area contributed by atoms with Crippen LogP contribution in [0.4, 0.5) is 0 Å². The third-order valence-corrected chi connectivity index (χ3v) is 3.31. The Morgan fingerprint density at radius 3 is 1.14 bits per heavy atom. The molecule has 0 aliphatic heterocycles. The summed E-state index contributed by atoms with van der Waals surface area (Å²) in [5.41, 5.74) is 1.58. The number of hydrogen-bond acceptors (Lipinski definition) is 3. The molecule has 0 aromatic rings. The lowest BCUT2D eigenvalue weighted by molar-refractivity contribution is 0.138. The zero-order chi connectivity index (χ0) is 12.0. The van der Waals surface area contributed by atoms with Gasteiger partial charge in [-0.25, -0.2) is 0 Å². The van der Waals surface area contributed by atoms with Crippen molar-refractivity contribution in [1.82, 2.24) is 0 Å². The fourth-order valence-electron chi connectivity index (χ4n) is 0.500. The summed E-state index contributed by atoms with van der Waals surface area (Å²) in [5.74, 6) is 0. The van der Waals surface area contributed by atoms with Crippen LogP contribution in [0.5, 0.6) is 0 Å². The zero-order valence-corrected chi connectivity index (χ0v) is 10.7. The average molecular weight is 218 g/mol. The zero-order valence-electron chi connectivity index (χ0n) is 9.71. The minimum atomic E-state index is -2.43. The Bertz CT molecular complexity index is 125. The van der Waals surface area contributed by atoms with E-state index in [0.717, 1.165) is 0 Å². The van der Waals surface area contributed by atoms with Gasteiger partial charge in [0.2, 0.25) is 0 Å². The molecule has 0 saturated carbocycles. The lowest BCUT2D eigenvalue weighted by atomic mass is 10.8. The van der Waals surface area contributed by atoms with Gasteiger partial charge in [0.1, 0.15) is 0 Å². The summed E-state index contributed by atoms with van der Waals surface area (Å²) in [4.78, 5) is 0. The molecule has 0 N–H and O–H groups in total. The third-order valence-electron chi connectivity index (χ3n) is 1.10. The molecule has 4 heteroatoms. The summed E-state index contributed by atoms with van der Waals surface area (Å²) in [7, 11) is 2.20. The van der Waals surface area contributed by atoms with Gasteiger partial charge in [-0.3, -0.25) is 0 Å². The van der Waals surface area contributed by atoms with E-state index < -0.39 is 8.80 Å². The van der Waals surface area contributed by atoms with Crippen LogP contribution < -0.4 is 0 Å². The van der Waals surface area contributed by atoms with E-state index >= 15 is 0 Å². The Morgan fingerprint density at radius 1 is 0.929 bits per heavy atom. The van der Waals surface area contributed by atoms with E-state index in [1.807, 2.05) is 6.92 Å². The fourth-order valence-corrected chi connectivity index (χ4v) is 1.50. The molecule has 14 heavy (non-hydrogen) atoms. The highest BCUT2D eigenvalue weighted by atomic mass is 28.4. The van der Waals surface area contributed by atoms with Crippen LogP contribution in [0.3, 0.4) is 0 Å². The van der Waals surface area contributed by atoms with Gasteiger partial charge in [0.05, 0.1) is 0 Å². The van der Waals surface area contributed by atoms with Crippen molar-refractivity contribution >= 4 is 8.80 Å². The maximum Gasteiger partial charge on any atom is 0.528 e. The van der Waals surface area contributed by atoms with Gasteiger partial charge >= 0.3 is 8.80 Å². The van der Waals surface area contributed by atoms with Crippen LogP contribution in [0.25, 0.3) is 0 Å². The molecule has 0 aliphatic carbocycles. The second-order valence-corrected chi connectivity index (χ2v) is 4.67. The molecule has 0 spiro atoms. The van der Waals surface area contributed by atoms with Gasteiger partial charge in [0.25, 0.3) is 0 Å². The van der Waals surface area contributed by atoms with Crippen molar-refractivity contribution in [2.75, 3.05) is 21.3 Å². The first kappa shape index (κ1) is 19.0. The normalized spacial score (nSPS) is 8.57. The van der Waals surface area contributed by atoms with E-state index in [0.29, 0.717) is 0 Å². The predicted molar refractivity (Wildman–Crippen MR) is 64.1 cm³/mol. The smallest absolute Gasteiger partial charge is 0.374 e. The van der Waals surface area contributed by atoms with Crippen LogP contribution in [-0.4, -0.2) is 30.1 Å². The largest absolute Gasteiger partial charge is 0.528 e. The first-order valence-corrected chi connectivity index (χ1v) is 5.82. The lowest BCUT2D eigenvalue weighted by Gasteiger charge is -2.19. The Hall–Kier alpha value is -0.683. The van der Waals surface area contributed by atoms with Gasteiger partial charge in [0.15, 0.2) is 0 Å². The van der Waals surface area contributed by atoms with E-state index in [1.165, 1.54) is 0 Å². The van der Waals surface area contributed by atoms with Crippen molar-refractivity contribution in [2.24, 2.45) is 0 Å². The molecule has 3 nitrogen and oxygen atoms in total. The molecule has 0 rings (SSSR count). The van der Waals surface area contributed by atoms with Gasteiger partial charge in [-0.1, -0.05) is 12.7 Å².